The largest absolute Gasteiger partial charge is 0.466 e. The fourth-order valence-corrected chi connectivity index (χ4v) is 2.44. The van der Waals surface area contributed by atoms with E-state index < -0.39 is 4.92 Å². The molecule has 138 valence electrons. The second-order valence-electron chi connectivity index (χ2n) is 5.72. The molecule has 0 aromatic heterocycles. The molecular formula is C18H26N2O5. The van der Waals surface area contributed by atoms with E-state index in [9.17, 15) is 19.7 Å². The van der Waals surface area contributed by atoms with Gasteiger partial charge in [-0.3, -0.25) is 19.7 Å². The van der Waals surface area contributed by atoms with Gasteiger partial charge in [0.2, 0.25) is 0 Å². The van der Waals surface area contributed by atoms with Crippen molar-refractivity contribution < 1.29 is 19.2 Å². The van der Waals surface area contributed by atoms with E-state index in [0.717, 1.165) is 25.7 Å². The number of nitrogens with zero attached hydrogens (tertiary/aromatic N) is 2. The zero-order valence-electron chi connectivity index (χ0n) is 14.9. The average molecular weight is 350 g/mol. The third kappa shape index (κ3) is 7.32. The molecule has 1 aromatic rings. The van der Waals surface area contributed by atoms with Crippen molar-refractivity contribution in [2.24, 2.45) is 0 Å². The molecule has 1 rings (SSSR count). The third-order valence-corrected chi connectivity index (χ3v) is 3.76. The summed E-state index contributed by atoms with van der Waals surface area (Å²) >= 11 is 0. The molecule has 7 nitrogen and oxygen atoms in total. The first kappa shape index (κ1) is 20.6. The van der Waals surface area contributed by atoms with Crippen LogP contribution >= 0.6 is 0 Å². The Morgan fingerprint density at radius 2 is 1.92 bits per heavy atom. The highest BCUT2D eigenvalue weighted by Crippen LogP contribution is 2.16. The lowest BCUT2D eigenvalue weighted by Crippen LogP contribution is -2.34. The summed E-state index contributed by atoms with van der Waals surface area (Å²) in [5, 5.41) is 10.9. The fraction of sp³-hybridized carbons (Fsp3) is 0.556. The Balaban J connectivity index is 2.80. The molecular weight excluding hydrogens is 324 g/mol. The molecule has 0 aliphatic carbocycles. The molecule has 0 unspecified atom stereocenters. The number of esters is 1. The maximum absolute atomic E-state index is 12.7. The number of carbonyl (C=O) groups excluding carboxylic acids is 2. The summed E-state index contributed by atoms with van der Waals surface area (Å²) in [6.07, 6.45) is 4.10. The molecule has 0 N–H and O–H groups in total. The van der Waals surface area contributed by atoms with E-state index in [2.05, 4.69) is 6.92 Å². The third-order valence-electron chi connectivity index (χ3n) is 3.76. The Hall–Kier alpha value is -2.44. The summed E-state index contributed by atoms with van der Waals surface area (Å²) in [7, 11) is 0. The van der Waals surface area contributed by atoms with E-state index in [-0.39, 0.29) is 36.1 Å². The summed E-state index contributed by atoms with van der Waals surface area (Å²) in [6, 6.07) is 5.66. The molecule has 0 atom stereocenters. The SMILES string of the molecule is CCCCCCN(CCC(=O)OCC)C(=O)c1cccc([N+](=O)[O-])c1. The molecule has 1 aromatic carbocycles. The number of nitro groups is 1. The van der Waals surface area contributed by atoms with Crippen molar-refractivity contribution in [2.75, 3.05) is 19.7 Å². The monoisotopic (exact) mass is 350 g/mol. The van der Waals surface area contributed by atoms with Crippen molar-refractivity contribution in [3.05, 3.63) is 39.9 Å². The predicted molar refractivity (Wildman–Crippen MR) is 94.4 cm³/mol. The molecule has 0 heterocycles. The Bertz CT molecular complexity index is 589. The molecule has 1 amide bonds. The van der Waals surface area contributed by atoms with Gasteiger partial charge in [0.1, 0.15) is 0 Å². The van der Waals surface area contributed by atoms with E-state index in [1.54, 1.807) is 17.9 Å². The van der Waals surface area contributed by atoms with Crippen molar-refractivity contribution in [3.63, 3.8) is 0 Å². The van der Waals surface area contributed by atoms with Gasteiger partial charge in [0, 0.05) is 30.8 Å². The Kier molecular flexibility index (Phi) is 9.21. The highest BCUT2D eigenvalue weighted by Gasteiger charge is 2.19. The van der Waals surface area contributed by atoms with Gasteiger partial charge < -0.3 is 9.64 Å². The zero-order chi connectivity index (χ0) is 18.7. The first-order valence-electron chi connectivity index (χ1n) is 8.68. The Morgan fingerprint density at radius 3 is 2.56 bits per heavy atom. The number of hydrogen-bond acceptors (Lipinski definition) is 5. The van der Waals surface area contributed by atoms with Crippen LogP contribution in [0.25, 0.3) is 0 Å². The highest BCUT2D eigenvalue weighted by molar-refractivity contribution is 5.95. The number of rotatable bonds is 11. The number of unbranched alkanes of at least 4 members (excludes halogenated alkanes) is 3. The van der Waals surface area contributed by atoms with Crippen LogP contribution in [0.2, 0.25) is 0 Å². The molecule has 0 fully saturated rings. The van der Waals surface area contributed by atoms with Crippen molar-refractivity contribution in [3.8, 4) is 0 Å². The predicted octanol–water partition coefficient (Wildman–Crippen LogP) is 3.57. The number of hydrogen-bond donors (Lipinski definition) is 0. The van der Waals surface area contributed by atoms with E-state index in [0.29, 0.717) is 13.2 Å². The lowest BCUT2D eigenvalue weighted by Gasteiger charge is -2.22. The Morgan fingerprint density at radius 1 is 1.16 bits per heavy atom. The summed E-state index contributed by atoms with van der Waals surface area (Å²) < 4.78 is 4.91. The van der Waals surface area contributed by atoms with Gasteiger partial charge in [0.15, 0.2) is 0 Å². The van der Waals surface area contributed by atoms with Crippen LogP contribution in [-0.2, 0) is 9.53 Å². The van der Waals surface area contributed by atoms with E-state index >= 15 is 0 Å². The molecule has 0 aliphatic rings. The van der Waals surface area contributed by atoms with Crippen LogP contribution < -0.4 is 0 Å². The quantitative estimate of drug-likeness (QED) is 0.263. The second-order valence-corrected chi connectivity index (χ2v) is 5.72. The summed E-state index contributed by atoms with van der Waals surface area (Å²) in [5.41, 5.74) is 0.135. The number of nitro benzene ring substituents is 1. The molecule has 0 saturated heterocycles. The lowest BCUT2D eigenvalue weighted by molar-refractivity contribution is -0.384. The second kappa shape index (κ2) is 11.2. The van der Waals surface area contributed by atoms with Gasteiger partial charge in [0.05, 0.1) is 18.0 Å². The van der Waals surface area contributed by atoms with Crippen LogP contribution in [0.15, 0.2) is 24.3 Å². The standard InChI is InChI=1S/C18H26N2O5/c1-3-5-6-7-12-19(13-11-17(21)25-4-2)18(22)15-9-8-10-16(14-15)20(23)24/h8-10,14H,3-7,11-13H2,1-2H3. The van der Waals surface area contributed by atoms with Gasteiger partial charge in [-0.25, -0.2) is 0 Å². The topological polar surface area (TPSA) is 89.8 Å². The van der Waals surface area contributed by atoms with Gasteiger partial charge in [-0.15, -0.1) is 0 Å². The molecule has 0 radical (unpaired) electrons. The maximum atomic E-state index is 12.7. The summed E-state index contributed by atoms with van der Waals surface area (Å²) in [4.78, 5) is 36.2. The van der Waals surface area contributed by atoms with Gasteiger partial charge >= 0.3 is 5.97 Å². The average Bonchev–Trinajstić information content (AvgIpc) is 2.61. The minimum atomic E-state index is -0.527. The van der Waals surface area contributed by atoms with Gasteiger partial charge in [-0.1, -0.05) is 32.3 Å². The number of ether oxygens (including phenoxy) is 1. The zero-order valence-corrected chi connectivity index (χ0v) is 14.9. The van der Waals surface area contributed by atoms with E-state index in [4.69, 9.17) is 4.74 Å². The van der Waals surface area contributed by atoms with Crippen molar-refractivity contribution in [1.29, 1.82) is 0 Å². The van der Waals surface area contributed by atoms with Crippen LogP contribution in [0.1, 0.15) is 56.3 Å². The van der Waals surface area contributed by atoms with Crippen LogP contribution in [0.5, 0.6) is 0 Å². The Labute approximate surface area is 148 Å². The van der Waals surface area contributed by atoms with Crippen molar-refractivity contribution in [2.45, 2.75) is 46.0 Å². The normalized spacial score (nSPS) is 10.3. The molecule has 0 spiro atoms. The van der Waals surface area contributed by atoms with E-state index in [1.807, 2.05) is 0 Å². The van der Waals surface area contributed by atoms with Crippen LogP contribution in [0.4, 0.5) is 5.69 Å². The van der Waals surface area contributed by atoms with Crippen LogP contribution in [-0.4, -0.2) is 41.4 Å². The summed E-state index contributed by atoms with van der Waals surface area (Å²) in [6.45, 7) is 4.89. The van der Waals surface area contributed by atoms with Gasteiger partial charge in [0.25, 0.3) is 11.6 Å². The van der Waals surface area contributed by atoms with Crippen molar-refractivity contribution in [1.82, 2.24) is 4.90 Å². The fourth-order valence-electron chi connectivity index (χ4n) is 2.44. The number of carbonyl (C=O) groups is 2. The van der Waals surface area contributed by atoms with E-state index in [1.165, 1.54) is 18.2 Å². The molecule has 0 bridgehead atoms. The highest BCUT2D eigenvalue weighted by atomic mass is 16.6. The van der Waals surface area contributed by atoms with Crippen LogP contribution in [0.3, 0.4) is 0 Å². The van der Waals surface area contributed by atoms with Crippen LogP contribution in [0, 0.1) is 10.1 Å². The minimum absolute atomic E-state index is 0.113. The number of non-ortho nitro benzene ring substituents is 1. The lowest BCUT2D eigenvalue weighted by atomic mass is 10.1. The van der Waals surface area contributed by atoms with Crippen molar-refractivity contribution >= 4 is 17.6 Å². The smallest absolute Gasteiger partial charge is 0.307 e. The molecule has 0 saturated carbocycles. The molecule has 0 aliphatic heterocycles. The number of benzene rings is 1. The first-order valence-corrected chi connectivity index (χ1v) is 8.68. The maximum Gasteiger partial charge on any atom is 0.307 e. The number of amides is 1. The first-order chi connectivity index (χ1) is 12.0. The molecule has 7 heteroatoms. The molecule has 25 heavy (non-hydrogen) atoms. The van der Waals surface area contributed by atoms with Gasteiger partial charge in [-0.2, -0.15) is 0 Å². The minimum Gasteiger partial charge on any atom is -0.466 e. The summed E-state index contributed by atoms with van der Waals surface area (Å²) in [5.74, 6) is -0.655. The van der Waals surface area contributed by atoms with Gasteiger partial charge in [-0.05, 0) is 19.4 Å².